The van der Waals surface area contributed by atoms with Crippen LogP contribution in [0, 0.1) is 5.92 Å². The topological polar surface area (TPSA) is 150 Å². The van der Waals surface area contributed by atoms with E-state index in [2.05, 4.69) is 50.4 Å². The fourth-order valence-corrected chi connectivity index (χ4v) is 6.87. The van der Waals surface area contributed by atoms with Crippen LogP contribution in [-0.2, 0) is 16.0 Å². The molecule has 6 N–H and O–H groups in total. The number of halogens is 2. The summed E-state index contributed by atoms with van der Waals surface area (Å²) in [7, 11) is 3.48. The number of hydrogen-bond acceptors (Lipinski definition) is 9. The zero-order valence-corrected chi connectivity index (χ0v) is 29.6. The summed E-state index contributed by atoms with van der Waals surface area (Å²) in [5, 5.41) is 32.2. The van der Waals surface area contributed by atoms with Crippen LogP contribution in [0.3, 0.4) is 0 Å². The van der Waals surface area contributed by atoms with Gasteiger partial charge in [-0.05, 0) is 93.5 Å². The highest BCUT2D eigenvalue weighted by atomic mass is 35.5. The van der Waals surface area contributed by atoms with Crippen molar-refractivity contribution in [2.24, 2.45) is 21.6 Å². The Morgan fingerprint density at radius 3 is 2.58 bits per heavy atom. The number of benzene rings is 2. The van der Waals surface area contributed by atoms with Crippen molar-refractivity contribution in [3.05, 3.63) is 63.8 Å². The molecule has 2 aromatic carbocycles. The third kappa shape index (κ3) is 9.35. The van der Waals surface area contributed by atoms with E-state index in [9.17, 15) is 15.0 Å². The van der Waals surface area contributed by atoms with Gasteiger partial charge in [0.15, 0.2) is 0 Å². The average Bonchev–Trinajstić information content (AvgIpc) is 3.62. The molecule has 0 aliphatic heterocycles. The second-order valence-electron chi connectivity index (χ2n) is 12.2. The van der Waals surface area contributed by atoms with Gasteiger partial charge in [0.05, 0.1) is 34.4 Å². The Hall–Kier alpha value is -3.03. The Morgan fingerprint density at radius 1 is 1.15 bits per heavy atom. The molecule has 3 aromatic rings. The van der Waals surface area contributed by atoms with Crippen LogP contribution >= 0.6 is 23.2 Å². The molecule has 0 saturated heterocycles. The molecule has 1 saturated carbocycles. The summed E-state index contributed by atoms with van der Waals surface area (Å²) in [4.78, 5) is 22.9. The number of nitrogens with one attached hydrogen (secondary N) is 2. The molecule has 0 bridgehead atoms. The maximum atomic E-state index is 12.2. The molecule has 13 heteroatoms. The standard InChI is InChI=1S/C35H49Cl2N7O4/c1-5-48-35(47)29(38)11-15-43(14-6-12-42-13-9-22-7-8-23-18-27(36)28(37)19-24(23)17-22)21-25-20-30(32(46)31(25)45)44-16-10-26(34(44)41-4)33(39-2)40-3/h7-8,10,16-19,25,29-32,42,45-46H,4-6,9,11-15,20-21,38H2,1-3H3,(H,39,40)/t25-,29+,30-,31-,32+/m1/s1. The molecule has 1 aliphatic rings. The highest BCUT2D eigenvalue weighted by Gasteiger charge is 2.43. The van der Waals surface area contributed by atoms with Crippen molar-refractivity contribution in [2.75, 3.05) is 53.4 Å². The van der Waals surface area contributed by atoms with Crippen LogP contribution in [0.15, 0.2) is 52.6 Å². The van der Waals surface area contributed by atoms with Crippen LogP contribution in [-0.4, -0.2) is 110 Å². The van der Waals surface area contributed by atoms with Gasteiger partial charge >= 0.3 is 5.97 Å². The van der Waals surface area contributed by atoms with Gasteiger partial charge in [-0.3, -0.25) is 9.79 Å². The van der Waals surface area contributed by atoms with Gasteiger partial charge in [0.2, 0.25) is 0 Å². The summed E-state index contributed by atoms with van der Waals surface area (Å²) < 4.78 is 6.99. The molecule has 1 aromatic heterocycles. The number of hydrogen-bond donors (Lipinski definition) is 5. The van der Waals surface area contributed by atoms with Crippen molar-refractivity contribution < 1.29 is 19.7 Å². The first-order chi connectivity index (χ1) is 23.1. The first-order valence-electron chi connectivity index (χ1n) is 16.5. The van der Waals surface area contributed by atoms with Crippen molar-refractivity contribution in [1.29, 1.82) is 0 Å². The van der Waals surface area contributed by atoms with Crippen molar-refractivity contribution in [1.82, 2.24) is 20.1 Å². The number of nitrogens with two attached hydrogens (primary N) is 1. The lowest BCUT2D eigenvalue weighted by Crippen LogP contribution is -2.41. The maximum Gasteiger partial charge on any atom is 0.322 e. The number of fused-ring (bicyclic) bond motifs is 1. The molecule has 11 nitrogen and oxygen atoms in total. The monoisotopic (exact) mass is 701 g/mol. The largest absolute Gasteiger partial charge is 0.465 e. The second kappa shape index (κ2) is 18.1. The normalized spacial score (nSPS) is 20.4. The Morgan fingerprint density at radius 2 is 1.90 bits per heavy atom. The SMILES string of the molecule is C=Nc1c(C(=NC)NC)ccn1[C@@H]1C[C@H](CN(CCCNCCc2ccc3cc(Cl)c(Cl)cc3c2)CC[C@H](N)C(=O)OCC)[C@@H](O)[C@H]1O. The Bertz CT molecular complexity index is 1570. The first-order valence-corrected chi connectivity index (χ1v) is 17.3. The predicted molar refractivity (Wildman–Crippen MR) is 195 cm³/mol. The zero-order valence-electron chi connectivity index (χ0n) is 28.0. The van der Waals surface area contributed by atoms with Crippen LogP contribution in [0.4, 0.5) is 5.82 Å². The zero-order chi connectivity index (χ0) is 34.8. The van der Waals surface area contributed by atoms with Gasteiger partial charge in [-0.15, -0.1) is 0 Å². The van der Waals surface area contributed by atoms with Crippen molar-refractivity contribution in [2.45, 2.75) is 56.9 Å². The van der Waals surface area contributed by atoms with E-state index in [1.165, 1.54) is 5.56 Å². The minimum Gasteiger partial charge on any atom is -0.465 e. The van der Waals surface area contributed by atoms with E-state index < -0.39 is 24.2 Å². The summed E-state index contributed by atoms with van der Waals surface area (Å²) in [5.41, 5.74) is 8.12. The summed E-state index contributed by atoms with van der Waals surface area (Å²) in [6, 6.07) is 10.9. The smallest absolute Gasteiger partial charge is 0.322 e. The van der Waals surface area contributed by atoms with Gasteiger partial charge < -0.3 is 40.8 Å². The lowest BCUT2D eigenvalue weighted by atomic mass is 10.0. The third-order valence-corrected chi connectivity index (χ3v) is 9.80. The molecule has 1 heterocycles. The molecule has 1 aliphatic carbocycles. The molecule has 4 rings (SSSR count). The van der Waals surface area contributed by atoms with Gasteiger partial charge in [0.1, 0.15) is 23.8 Å². The number of rotatable bonds is 17. The van der Waals surface area contributed by atoms with Crippen LogP contribution in [0.2, 0.25) is 10.0 Å². The summed E-state index contributed by atoms with van der Waals surface area (Å²) in [6.07, 6.45) is 2.62. The Kier molecular flexibility index (Phi) is 14.2. The van der Waals surface area contributed by atoms with Gasteiger partial charge in [0, 0.05) is 39.3 Å². The molecule has 48 heavy (non-hydrogen) atoms. The van der Waals surface area contributed by atoms with Crippen molar-refractivity contribution >= 4 is 58.3 Å². The average molecular weight is 703 g/mol. The van der Waals surface area contributed by atoms with Gasteiger partial charge in [-0.25, -0.2) is 4.99 Å². The third-order valence-electron chi connectivity index (χ3n) is 9.08. The molecule has 0 radical (unpaired) electrons. The maximum absolute atomic E-state index is 12.2. The summed E-state index contributed by atoms with van der Waals surface area (Å²) in [6.45, 7) is 9.21. The molecule has 0 unspecified atom stereocenters. The van der Waals surface area contributed by atoms with E-state index in [4.69, 9.17) is 33.7 Å². The van der Waals surface area contributed by atoms with Gasteiger partial charge in [-0.2, -0.15) is 0 Å². The minimum absolute atomic E-state index is 0.208. The van der Waals surface area contributed by atoms with E-state index in [1.807, 2.05) is 29.0 Å². The lowest BCUT2D eigenvalue weighted by Gasteiger charge is -2.28. The molecule has 262 valence electrons. The number of aliphatic imine (C=N–C) groups is 2. The number of carbonyl (C=O) groups is 1. The second-order valence-corrected chi connectivity index (χ2v) is 13.0. The number of carbonyl (C=O) groups excluding carboxylic acids is 1. The van der Waals surface area contributed by atoms with Crippen LogP contribution in [0.1, 0.15) is 43.4 Å². The number of ether oxygens (including phenoxy) is 1. The predicted octanol–water partition coefficient (Wildman–Crippen LogP) is 3.96. The van der Waals surface area contributed by atoms with Crippen molar-refractivity contribution in [3.8, 4) is 0 Å². The number of esters is 1. The Labute approximate surface area is 293 Å². The molecule has 0 spiro atoms. The molecule has 5 atom stereocenters. The number of aliphatic hydroxyl groups is 2. The highest BCUT2D eigenvalue weighted by molar-refractivity contribution is 6.42. The van der Waals surface area contributed by atoms with Crippen molar-refractivity contribution in [3.63, 3.8) is 0 Å². The minimum atomic E-state index is -0.985. The fraction of sp³-hybridized carbons (Fsp3) is 0.514. The van der Waals surface area contributed by atoms with E-state index >= 15 is 0 Å². The lowest BCUT2D eigenvalue weighted by molar-refractivity contribution is -0.144. The number of aromatic nitrogens is 1. The van der Waals surface area contributed by atoms with Gasteiger partial charge in [0.25, 0.3) is 0 Å². The number of aliphatic hydroxyl groups excluding tert-OH is 2. The molecular formula is C35H49Cl2N7O4. The summed E-state index contributed by atoms with van der Waals surface area (Å²) >= 11 is 12.4. The molecular weight excluding hydrogens is 653 g/mol. The number of nitrogens with zero attached hydrogens (tertiary/aromatic N) is 4. The quantitative estimate of drug-likeness (QED) is 0.0615. The van der Waals surface area contributed by atoms with E-state index in [-0.39, 0.29) is 18.6 Å². The van der Waals surface area contributed by atoms with Crippen LogP contribution < -0.4 is 16.4 Å². The van der Waals surface area contributed by atoms with Gasteiger partial charge in [-0.1, -0.05) is 41.4 Å². The molecule has 1 fully saturated rings. The Balaban J connectivity index is 1.36. The highest BCUT2D eigenvalue weighted by Crippen LogP contribution is 2.39. The van der Waals surface area contributed by atoms with Crippen LogP contribution in [0.25, 0.3) is 10.8 Å². The van der Waals surface area contributed by atoms with Crippen LogP contribution in [0.5, 0.6) is 0 Å². The first kappa shape index (κ1) is 37.8. The fourth-order valence-electron chi connectivity index (χ4n) is 6.53. The number of amidine groups is 1. The summed E-state index contributed by atoms with van der Waals surface area (Å²) in [5.74, 6) is 0.618. The van der Waals surface area contributed by atoms with E-state index in [1.54, 1.807) is 21.0 Å². The van der Waals surface area contributed by atoms with E-state index in [0.29, 0.717) is 47.6 Å². The van der Waals surface area contributed by atoms with E-state index in [0.717, 1.165) is 48.8 Å². The molecule has 0 amide bonds.